The first-order valence-corrected chi connectivity index (χ1v) is 4.63. The fraction of sp³-hybridized carbons (Fsp3) is 0.455. The van der Waals surface area contributed by atoms with E-state index < -0.39 is 17.0 Å². The Balaban J connectivity index is 2.62. The van der Waals surface area contributed by atoms with Gasteiger partial charge in [0.05, 0.1) is 13.2 Å². The van der Waals surface area contributed by atoms with Crippen LogP contribution in [0.4, 0.5) is 8.78 Å². The van der Waals surface area contributed by atoms with E-state index in [9.17, 15) is 8.78 Å². The van der Waals surface area contributed by atoms with Gasteiger partial charge in [-0.2, -0.15) is 0 Å². The van der Waals surface area contributed by atoms with Crippen molar-refractivity contribution in [2.24, 2.45) is 5.41 Å². The van der Waals surface area contributed by atoms with Gasteiger partial charge in [-0.1, -0.05) is 13.8 Å². The van der Waals surface area contributed by atoms with Gasteiger partial charge in [-0.25, -0.2) is 8.78 Å². The summed E-state index contributed by atoms with van der Waals surface area (Å²) >= 11 is 0. The summed E-state index contributed by atoms with van der Waals surface area (Å²) in [5, 5.41) is 8.96. The summed E-state index contributed by atoms with van der Waals surface area (Å²) in [7, 11) is 0. The largest absolute Gasteiger partial charge is 0.493 e. The number of ether oxygens (including phenoxy) is 1. The molecule has 0 aliphatic carbocycles. The maximum absolute atomic E-state index is 12.8. The molecule has 0 saturated carbocycles. The van der Waals surface area contributed by atoms with Crippen molar-refractivity contribution < 1.29 is 18.6 Å². The van der Waals surface area contributed by atoms with Crippen LogP contribution in [0.1, 0.15) is 13.8 Å². The van der Waals surface area contributed by atoms with E-state index in [1.165, 1.54) is 6.07 Å². The van der Waals surface area contributed by atoms with E-state index in [2.05, 4.69) is 0 Å². The zero-order chi connectivity index (χ0) is 11.5. The molecule has 0 fully saturated rings. The van der Waals surface area contributed by atoms with Crippen molar-refractivity contribution in [3.05, 3.63) is 29.8 Å². The first kappa shape index (κ1) is 11.9. The van der Waals surface area contributed by atoms with Crippen molar-refractivity contribution >= 4 is 0 Å². The number of benzene rings is 1. The molecule has 0 atom stereocenters. The average Bonchev–Trinajstić information content (AvgIpc) is 2.20. The topological polar surface area (TPSA) is 29.5 Å². The van der Waals surface area contributed by atoms with Gasteiger partial charge in [0.1, 0.15) is 5.75 Å². The highest BCUT2D eigenvalue weighted by molar-refractivity contribution is 5.23. The third kappa shape index (κ3) is 3.47. The lowest BCUT2D eigenvalue weighted by Gasteiger charge is -2.21. The molecule has 0 radical (unpaired) electrons. The minimum absolute atomic E-state index is 0.0311. The molecule has 0 unspecified atom stereocenters. The summed E-state index contributed by atoms with van der Waals surface area (Å²) in [5.41, 5.74) is -0.398. The summed E-state index contributed by atoms with van der Waals surface area (Å²) in [5.74, 6) is -1.58. The Labute approximate surface area is 87.5 Å². The molecule has 0 aliphatic heterocycles. The predicted octanol–water partition coefficient (Wildman–Crippen LogP) is 2.36. The Morgan fingerprint density at radius 2 is 1.93 bits per heavy atom. The summed E-state index contributed by atoms with van der Waals surface area (Å²) < 4.78 is 30.6. The maximum Gasteiger partial charge on any atom is 0.162 e. The molecular weight excluding hydrogens is 202 g/mol. The molecule has 15 heavy (non-hydrogen) atoms. The minimum Gasteiger partial charge on any atom is -0.493 e. The molecule has 0 amide bonds. The van der Waals surface area contributed by atoms with Crippen LogP contribution in [0.2, 0.25) is 0 Å². The molecule has 1 aromatic rings. The summed E-state index contributed by atoms with van der Waals surface area (Å²) in [6, 6.07) is 3.35. The van der Waals surface area contributed by atoms with E-state index in [0.717, 1.165) is 12.1 Å². The SMILES string of the molecule is CC(C)(CO)COc1ccc(F)c(F)c1. The van der Waals surface area contributed by atoms with E-state index in [1.54, 1.807) is 0 Å². The molecule has 4 heteroatoms. The van der Waals surface area contributed by atoms with Gasteiger partial charge >= 0.3 is 0 Å². The van der Waals surface area contributed by atoms with Gasteiger partial charge in [-0.15, -0.1) is 0 Å². The monoisotopic (exact) mass is 216 g/mol. The van der Waals surface area contributed by atoms with E-state index in [0.29, 0.717) is 0 Å². The highest BCUT2D eigenvalue weighted by Crippen LogP contribution is 2.19. The molecule has 0 aliphatic rings. The van der Waals surface area contributed by atoms with Crippen molar-refractivity contribution in [1.82, 2.24) is 0 Å². The standard InChI is InChI=1S/C11H14F2O2/c1-11(2,6-14)7-15-8-3-4-9(12)10(13)5-8/h3-5,14H,6-7H2,1-2H3. The zero-order valence-corrected chi connectivity index (χ0v) is 8.76. The van der Waals surface area contributed by atoms with Crippen molar-refractivity contribution in [3.8, 4) is 5.75 Å². The number of aliphatic hydroxyl groups is 1. The molecule has 1 aromatic carbocycles. The highest BCUT2D eigenvalue weighted by Gasteiger charge is 2.17. The molecule has 1 rings (SSSR count). The summed E-state index contributed by atoms with van der Waals surface area (Å²) in [6.07, 6.45) is 0. The van der Waals surface area contributed by atoms with Crippen LogP contribution in [0.5, 0.6) is 5.75 Å². The molecule has 0 aromatic heterocycles. The maximum atomic E-state index is 12.8. The molecule has 0 bridgehead atoms. The van der Waals surface area contributed by atoms with Crippen LogP contribution >= 0.6 is 0 Å². The van der Waals surface area contributed by atoms with Crippen LogP contribution in [0.25, 0.3) is 0 Å². The highest BCUT2D eigenvalue weighted by atomic mass is 19.2. The van der Waals surface area contributed by atoms with E-state index in [1.807, 2.05) is 13.8 Å². The van der Waals surface area contributed by atoms with Gasteiger partial charge in [0.15, 0.2) is 11.6 Å². The normalized spacial score (nSPS) is 11.5. The molecule has 2 nitrogen and oxygen atoms in total. The third-order valence-corrected chi connectivity index (χ3v) is 1.95. The third-order valence-electron chi connectivity index (χ3n) is 1.95. The molecule has 84 valence electrons. The second kappa shape index (κ2) is 4.57. The van der Waals surface area contributed by atoms with Gasteiger partial charge in [-0.05, 0) is 12.1 Å². The van der Waals surface area contributed by atoms with Gasteiger partial charge < -0.3 is 9.84 Å². The molecule has 1 N–H and O–H groups in total. The van der Waals surface area contributed by atoms with Crippen molar-refractivity contribution in [1.29, 1.82) is 0 Å². The fourth-order valence-corrected chi connectivity index (χ4v) is 0.891. The van der Waals surface area contributed by atoms with Gasteiger partial charge in [0, 0.05) is 11.5 Å². The Morgan fingerprint density at radius 3 is 2.47 bits per heavy atom. The molecule has 0 heterocycles. The van der Waals surface area contributed by atoms with Crippen molar-refractivity contribution in [3.63, 3.8) is 0 Å². The predicted molar refractivity (Wildman–Crippen MR) is 52.7 cm³/mol. The average molecular weight is 216 g/mol. The Bertz CT molecular complexity index is 337. The molecule has 0 saturated heterocycles. The van der Waals surface area contributed by atoms with Crippen LogP contribution < -0.4 is 4.74 Å². The lowest BCUT2D eigenvalue weighted by atomic mass is 9.97. The summed E-state index contributed by atoms with van der Waals surface area (Å²) in [4.78, 5) is 0. The second-order valence-electron chi connectivity index (χ2n) is 4.19. The smallest absolute Gasteiger partial charge is 0.162 e. The number of halogens is 2. The number of hydrogen-bond donors (Lipinski definition) is 1. The molecule has 0 spiro atoms. The Morgan fingerprint density at radius 1 is 1.27 bits per heavy atom. The second-order valence-corrected chi connectivity index (χ2v) is 4.19. The first-order valence-electron chi connectivity index (χ1n) is 4.63. The van der Waals surface area contributed by atoms with Crippen molar-refractivity contribution in [2.75, 3.05) is 13.2 Å². The first-order chi connectivity index (χ1) is 6.94. The van der Waals surface area contributed by atoms with Crippen LogP contribution in [0, 0.1) is 17.0 Å². The lowest BCUT2D eigenvalue weighted by molar-refractivity contribution is 0.0973. The number of hydrogen-bond acceptors (Lipinski definition) is 2. The van der Waals surface area contributed by atoms with Crippen LogP contribution in [0.3, 0.4) is 0 Å². The Kier molecular flexibility index (Phi) is 3.63. The van der Waals surface area contributed by atoms with Gasteiger partial charge in [0.25, 0.3) is 0 Å². The fourth-order valence-electron chi connectivity index (χ4n) is 0.891. The lowest BCUT2D eigenvalue weighted by Crippen LogP contribution is -2.25. The minimum atomic E-state index is -0.936. The summed E-state index contributed by atoms with van der Waals surface area (Å²) in [6.45, 7) is 3.84. The van der Waals surface area contributed by atoms with Crippen LogP contribution in [-0.4, -0.2) is 18.3 Å². The quantitative estimate of drug-likeness (QED) is 0.837. The van der Waals surface area contributed by atoms with Crippen LogP contribution in [0.15, 0.2) is 18.2 Å². The number of aliphatic hydroxyl groups excluding tert-OH is 1. The zero-order valence-electron chi connectivity index (χ0n) is 8.76. The number of rotatable bonds is 4. The van der Waals surface area contributed by atoms with E-state index in [4.69, 9.17) is 9.84 Å². The van der Waals surface area contributed by atoms with Gasteiger partial charge in [0.2, 0.25) is 0 Å². The Hall–Kier alpha value is -1.16. The van der Waals surface area contributed by atoms with E-state index in [-0.39, 0.29) is 19.0 Å². The van der Waals surface area contributed by atoms with Gasteiger partial charge in [-0.3, -0.25) is 0 Å². The van der Waals surface area contributed by atoms with E-state index >= 15 is 0 Å². The van der Waals surface area contributed by atoms with Crippen molar-refractivity contribution in [2.45, 2.75) is 13.8 Å². The van der Waals surface area contributed by atoms with Crippen LogP contribution in [-0.2, 0) is 0 Å². The molecular formula is C11H14F2O2.